The Bertz CT molecular complexity index is 635. The first-order valence-corrected chi connectivity index (χ1v) is 9.06. The minimum atomic E-state index is -5.08. The molecule has 0 bridgehead atoms. The lowest BCUT2D eigenvalue weighted by atomic mass is 9.98. The Labute approximate surface area is 167 Å². The molecule has 0 spiro atoms. The molecule has 0 atom stereocenters. The predicted octanol–water partition coefficient (Wildman–Crippen LogP) is 2.00. The second-order valence-electron chi connectivity index (χ2n) is 6.63. The van der Waals surface area contributed by atoms with Crippen molar-refractivity contribution in [1.29, 1.82) is 0 Å². The maximum Gasteiger partial charge on any atom is 0.490 e. The van der Waals surface area contributed by atoms with Crippen molar-refractivity contribution >= 4 is 12.0 Å². The summed E-state index contributed by atoms with van der Waals surface area (Å²) in [6.45, 7) is 3.92. The molecule has 2 heterocycles. The van der Waals surface area contributed by atoms with E-state index in [9.17, 15) is 18.0 Å². The molecule has 1 saturated heterocycles. The Morgan fingerprint density at radius 2 is 1.97 bits per heavy atom. The molecule has 164 valence electrons. The molecule has 1 aliphatic heterocycles. The second-order valence-corrected chi connectivity index (χ2v) is 6.63. The molecule has 3 N–H and O–H groups in total. The van der Waals surface area contributed by atoms with Gasteiger partial charge in [-0.2, -0.15) is 13.2 Å². The Balaban J connectivity index is 0.000000516. The van der Waals surface area contributed by atoms with Crippen molar-refractivity contribution < 1.29 is 32.6 Å². The largest absolute Gasteiger partial charge is 0.490 e. The number of carbonyl (C=O) groups excluding carboxylic acids is 1. The van der Waals surface area contributed by atoms with Crippen molar-refractivity contribution in [2.24, 2.45) is 5.92 Å². The molecule has 11 heteroatoms. The van der Waals surface area contributed by atoms with Gasteiger partial charge >= 0.3 is 18.2 Å². The van der Waals surface area contributed by atoms with Crippen LogP contribution in [0.2, 0.25) is 0 Å². The molecule has 0 aliphatic carbocycles. The van der Waals surface area contributed by atoms with Gasteiger partial charge < -0.3 is 25.4 Å². The topological polar surface area (TPSA) is 104 Å². The first-order valence-electron chi connectivity index (χ1n) is 9.06. The summed E-state index contributed by atoms with van der Waals surface area (Å²) in [6.07, 6.45) is -1.02. The van der Waals surface area contributed by atoms with E-state index in [-0.39, 0.29) is 6.03 Å². The zero-order valence-electron chi connectivity index (χ0n) is 16.5. The number of methoxy groups -OCH3 is 1. The van der Waals surface area contributed by atoms with Gasteiger partial charge in [0.1, 0.15) is 0 Å². The van der Waals surface area contributed by atoms with E-state index < -0.39 is 12.1 Å². The Kier molecular flexibility index (Phi) is 10.4. The van der Waals surface area contributed by atoms with Gasteiger partial charge in [0.2, 0.25) is 0 Å². The summed E-state index contributed by atoms with van der Waals surface area (Å²) in [7, 11) is 3.51. The molecule has 8 nitrogen and oxygen atoms in total. The fourth-order valence-corrected chi connectivity index (χ4v) is 2.65. The van der Waals surface area contributed by atoms with Crippen molar-refractivity contribution in [1.82, 2.24) is 20.5 Å². The van der Waals surface area contributed by atoms with Crippen LogP contribution in [0.1, 0.15) is 24.1 Å². The third kappa shape index (κ3) is 10.1. The number of urea groups is 1. The fraction of sp³-hybridized carbons (Fsp3) is 0.611. The van der Waals surface area contributed by atoms with E-state index in [4.69, 9.17) is 14.6 Å². The quantitative estimate of drug-likeness (QED) is 0.651. The lowest BCUT2D eigenvalue weighted by molar-refractivity contribution is -0.192. The first kappa shape index (κ1) is 24.6. The number of carboxylic acid groups (broad SMARTS) is 1. The Morgan fingerprint density at radius 1 is 1.34 bits per heavy atom. The standard InChI is InChI=1S/C16H26N4O2.C2HF3O2/c1-20(11-13-5-7-17-8-6-13)16(21)19-10-15-4-3-14(9-18-15)12-22-2;3-2(4,5)1(6)7/h3-4,9,13,17H,5-8,10-12H2,1-2H3,(H,19,21);(H,6,7). The lowest BCUT2D eigenvalue weighted by Crippen LogP contribution is -2.41. The van der Waals surface area contributed by atoms with Gasteiger partial charge in [-0.15, -0.1) is 0 Å². The van der Waals surface area contributed by atoms with Crippen LogP contribution in [0.25, 0.3) is 0 Å². The number of piperidine rings is 1. The van der Waals surface area contributed by atoms with E-state index in [2.05, 4.69) is 15.6 Å². The molecule has 1 fully saturated rings. The van der Waals surface area contributed by atoms with Gasteiger partial charge in [0, 0.05) is 26.9 Å². The molecular weight excluding hydrogens is 393 g/mol. The van der Waals surface area contributed by atoms with Crippen molar-refractivity contribution in [3.05, 3.63) is 29.6 Å². The molecule has 29 heavy (non-hydrogen) atoms. The van der Waals surface area contributed by atoms with Crippen molar-refractivity contribution in [2.45, 2.75) is 32.2 Å². The third-order valence-corrected chi connectivity index (χ3v) is 4.20. The van der Waals surface area contributed by atoms with Crippen LogP contribution < -0.4 is 10.6 Å². The number of hydrogen-bond donors (Lipinski definition) is 3. The predicted molar refractivity (Wildman–Crippen MR) is 99.1 cm³/mol. The molecule has 0 saturated carbocycles. The van der Waals surface area contributed by atoms with Crippen LogP contribution in [0.15, 0.2) is 18.3 Å². The number of aromatic nitrogens is 1. The highest BCUT2D eigenvalue weighted by Crippen LogP contribution is 2.13. The highest BCUT2D eigenvalue weighted by atomic mass is 19.4. The lowest BCUT2D eigenvalue weighted by Gasteiger charge is -2.27. The van der Waals surface area contributed by atoms with E-state index in [1.807, 2.05) is 19.2 Å². The third-order valence-electron chi connectivity index (χ3n) is 4.20. The first-order chi connectivity index (χ1) is 13.6. The van der Waals surface area contributed by atoms with E-state index >= 15 is 0 Å². The van der Waals surface area contributed by atoms with E-state index in [1.165, 1.54) is 0 Å². The van der Waals surface area contributed by atoms with Crippen LogP contribution in [0.3, 0.4) is 0 Å². The molecule has 0 radical (unpaired) electrons. The molecule has 0 unspecified atom stereocenters. The van der Waals surface area contributed by atoms with Crippen molar-refractivity contribution in [3.63, 3.8) is 0 Å². The molecule has 1 aliphatic rings. The van der Waals surface area contributed by atoms with Crippen molar-refractivity contribution in [2.75, 3.05) is 33.8 Å². The summed E-state index contributed by atoms with van der Waals surface area (Å²) in [4.78, 5) is 27.1. The molecule has 1 aromatic heterocycles. The number of halogens is 3. The van der Waals surface area contributed by atoms with Gasteiger partial charge in [-0.25, -0.2) is 9.59 Å². The molecule has 2 amide bonds. The number of carboxylic acids is 1. The Morgan fingerprint density at radius 3 is 2.45 bits per heavy atom. The van der Waals surface area contributed by atoms with Crippen LogP contribution in [-0.2, 0) is 22.7 Å². The van der Waals surface area contributed by atoms with Crippen molar-refractivity contribution in [3.8, 4) is 0 Å². The number of pyridine rings is 1. The molecule has 0 aromatic carbocycles. The van der Waals surface area contributed by atoms with Crippen LogP contribution in [0.4, 0.5) is 18.0 Å². The summed E-state index contributed by atoms with van der Waals surface area (Å²) >= 11 is 0. The van der Waals surface area contributed by atoms with Crippen LogP contribution in [0.5, 0.6) is 0 Å². The number of carbonyl (C=O) groups is 2. The van der Waals surface area contributed by atoms with Gasteiger partial charge in [-0.1, -0.05) is 6.07 Å². The summed E-state index contributed by atoms with van der Waals surface area (Å²) < 4.78 is 36.8. The number of aliphatic carboxylic acids is 1. The number of nitrogens with one attached hydrogen (secondary N) is 2. The normalized spacial score (nSPS) is 14.5. The second kappa shape index (κ2) is 12.2. The summed E-state index contributed by atoms with van der Waals surface area (Å²) in [5.41, 5.74) is 1.88. The maximum absolute atomic E-state index is 12.1. The molecule has 1 aromatic rings. The van der Waals surface area contributed by atoms with Gasteiger partial charge in [-0.05, 0) is 43.5 Å². The smallest absolute Gasteiger partial charge is 0.475 e. The zero-order chi connectivity index (χ0) is 21.9. The molecular formula is C18H27F3N4O4. The van der Waals surface area contributed by atoms with Gasteiger partial charge in [0.25, 0.3) is 0 Å². The average Bonchev–Trinajstić information content (AvgIpc) is 2.68. The Hall–Kier alpha value is -2.40. The van der Waals surface area contributed by atoms with Crippen LogP contribution in [0, 0.1) is 5.92 Å². The number of hydrogen-bond acceptors (Lipinski definition) is 5. The highest BCUT2D eigenvalue weighted by molar-refractivity contribution is 5.73. The van der Waals surface area contributed by atoms with E-state index in [1.54, 1.807) is 18.2 Å². The highest BCUT2D eigenvalue weighted by Gasteiger charge is 2.38. The zero-order valence-corrected chi connectivity index (χ0v) is 16.5. The fourth-order valence-electron chi connectivity index (χ4n) is 2.65. The average molecular weight is 420 g/mol. The molecule has 2 rings (SSSR count). The van der Waals surface area contributed by atoms with Gasteiger partial charge in [0.05, 0.1) is 18.8 Å². The van der Waals surface area contributed by atoms with E-state index in [0.29, 0.717) is 19.1 Å². The number of nitrogens with zero attached hydrogens (tertiary/aromatic N) is 2. The summed E-state index contributed by atoms with van der Waals surface area (Å²) in [5, 5.41) is 13.4. The monoisotopic (exact) mass is 420 g/mol. The van der Waals surface area contributed by atoms with Crippen LogP contribution >= 0.6 is 0 Å². The van der Waals surface area contributed by atoms with E-state index in [0.717, 1.165) is 43.7 Å². The maximum atomic E-state index is 12.1. The number of rotatable bonds is 6. The van der Waals surface area contributed by atoms with Crippen LogP contribution in [-0.4, -0.2) is 67.0 Å². The summed E-state index contributed by atoms with van der Waals surface area (Å²) in [5.74, 6) is -2.16. The minimum Gasteiger partial charge on any atom is -0.475 e. The number of amides is 2. The SMILES string of the molecule is COCc1ccc(CNC(=O)N(C)CC2CCNCC2)nc1.O=C(O)C(F)(F)F. The number of ether oxygens (including phenoxy) is 1. The summed E-state index contributed by atoms with van der Waals surface area (Å²) in [6, 6.07) is 3.85. The van der Waals surface area contributed by atoms with Gasteiger partial charge in [0.15, 0.2) is 0 Å². The van der Waals surface area contributed by atoms with Gasteiger partial charge in [-0.3, -0.25) is 4.98 Å². The number of alkyl halides is 3. The minimum absolute atomic E-state index is 0.0405.